The first kappa shape index (κ1) is 59.7. The second-order valence-electron chi connectivity index (χ2n) is 28.0. The molecule has 2 atom stereocenters. The van der Waals surface area contributed by atoms with Gasteiger partial charge in [0.2, 0.25) is 0 Å². The second kappa shape index (κ2) is 23.9. The fraction of sp³-hybridized carbons (Fsp3) is 0.106. The van der Waals surface area contributed by atoms with Crippen LogP contribution in [0.3, 0.4) is 0 Å². The lowest BCUT2D eigenvalue weighted by Gasteiger charge is -2.35. The van der Waals surface area contributed by atoms with Gasteiger partial charge in [0.1, 0.15) is 0 Å². The average Bonchev–Trinajstić information content (AvgIpc) is 1.53. The van der Waals surface area contributed by atoms with E-state index in [-0.39, 0.29) is 16.7 Å². The number of anilines is 6. The summed E-state index contributed by atoms with van der Waals surface area (Å²) in [5, 5.41) is 4.67. The molecule has 0 N–H and O–H groups in total. The Morgan fingerprint density at radius 3 is 1.31 bits per heavy atom. The highest BCUT2D eigenvalue weighted by molar-refractivity contribution is 6.13. The lowest BCUT2D eigenvalue weighted by Crippen LogP contribution is -2.29. The first-order chi connectivity index (χ1) is 46.8. The Bertz CT molecular complexity index is 5300. The van der Waals surface area contributed by atoms with Crippen LogP contribution < -0.4 is 9.80 Å². The van der Waals surface area contributed by atoms with Crippen molar-refractivity contribution in [2.75, 3.05) is 9.80 Å². The van der Waals surface area contributed by atoms with Crippen LogP contribution >= 0.6 is 0 Å². The van der Waals surface area contributed by atoms with Crippen molar-refractivity contribution in [1.82, 2.24) is 0 Å². The third-order valence-electron chi connectivity index (χ3n) is 20.3. The highest BCUT2D eigenvalue weighted by Gasteiger charge is 2.47. The van der Waals surface area contributed by atoms with Crippen molar-refractivity contribution in [1.29, 1.82) is 0 Å². The monoisotopic (exact) mass is 1230 g/mol. The van der Waals surface area contributed by atoms with Gasteiger partial charge in [-0.1, -0.05) is 321 Å². The normalized spacial score (nSPS) is 14.7. The summed E-state index contributed by atoms with van der Waals surface area (Å²) in [5.41, 5.74) is 28.4. The summed E-state index contributed by atoms with van der Waals surface area (Å²) in [5.74, 6) is 0.0797. The van der Waals surface area contributed by atoms with Crippen LogP contribution in [0, 0.1) is 0 Å². The molecule has 96 heavy (non-hydrogen) atoms. The lowest BCUT2D eigenvalue weighted by atomic mass is 9.67. The maximum absolute atomic E-state index is 4.15. The molecule has 0 aromatic heterocycles. The molecule has 16 rings (SSSR count). The minimum Gasteiger partial charge on any atom is -0.310 e. The molecule has 2 unspecified atom stereocenters. The van der Waals surface area contributed by atoms with Gasteiger partial charge in [-0.3, -0.25) is 0 Å². The fourth-order valence-corrected chi connectivity index (χ4v) is 15.5. The van der Waals surface area contributed by atoms with Crippen molar-refractivity contribution in [3.8, 4) is 33.4 Å². The van der Waals surface area contributed by atoms with Gasteiger partial charge in [0.15, 0.2) is 0 Å². The number of benzene rings is 14. The van der Waals surface area contributed by atoms with Crippen LogP contribution in [-0.4, -0.2) is 0 Å². The molecule has 0 spiro atoms. The van der Waals surface area contributed by atoms with Crippen molar-refractivity contribution in [2.24, 2.45) is 0 Å². The third-order valence-corrected chi connectivity index (χ3v) is 20.3. The van der Waals surface area contributed by atoms with Crippen LogP contribution in [0.1, 0.15) is 114 Å². The van der Waals surface area contributed by atoms with Crippen LogP contribution in [0.4, 0.5) is 34.1 Å². The molecule has 0 heterocycles. The van der Waals surface area contributed by atoms with Gasteiger partial charge < -0.3 is 9.80 Å². The zero-order valence-electron chi connectivity index (χ0n) is 55.4. The Morgan fingerprint density at radius 2 is 0.729 bits per heavy atom. The van der Waals surface area contributed by atoms with Crippen LogP contribution in [0.2, 0.25) is 0 Å². The van der Waals surface area contributed by atoms with Crippen LogP contribution in [-0.2, 0) is 16.2 Å². The molecule has 0 saturated heterocycles. The summed E-state index contributed by atoms with van der Waals surface area (Å²) in [6.07, 6.45) is 6.33. The molecule has 2 aliphatic rings. The third kappa shape index (κ3) is 10.3. The molecule has 0 bridgehead atoms. The smallest absolute Gasteiger partial charge is 0.0714 e. The van der Waals surface area contributed by atoms with Gasteiger partial charge >= 0.3 is 0 Å². The van der Waals surface area contributed by atoms with Crippen molar-refractivity contribution < 1.29 is 0 Å². The number of hydrogen-bond acceptors (Lipinski definition) is 2. The standard InChI is InChI=1S/C94H76N2/c1-8-63-37-43-69(44-38-63)94(70-49-47-68(48-50-70)93(5,6)7)87-34-22-21-30-81(87)82-56-54-74(62-88(82)94)95(71-25-13-10-14-26-71)89-59-57-78(75-27-15-18-31-83(75)89)79-58-60-90(84-32-19-16-28-76(79)84)96(72-51-39-65(40-52-72)36-35-64-23-11-9-12-24-64)73-53-55-80-77-29-17-20-33-85(77)91(86(80)61-73)66-41-45-67(46-42-66)92(2,3)4/h8-62,91H,1H2,2-7H3/b36-35-. The molecule has 462 valence electrons. The summed E-state index contributed by atoms with van der Waals surface area (Å²) in [6.45, 7) is 17.9. The molecule has 14 aromatic rings. The van der Waals surface area contributed by atoms with Gasteiger partial charge in [0.25, 0.3) is 0 Å². The van der Waals surface area contributed by atoms with E-state index in [9.17, 15) is 0 Å². The molecular weight excluding hydrogens is 1160 g/mol. The fourth-order valence-electron chi connectivity index (χ4n) is 15.5. The highest BCUT2D eigenvalue weighted by atomic mass is 15.1. The number of para-hydroxylation sites is 1. The summed E-state index contributed by atoms with van der Waals surface area (Å²) < 4.78 is 0. The predicted molar refractivity (Wildman–Crippen MR) is 409 cm³/mol. The van der Waals surface area contributed by atoms with E-state index >= 15 is 0 Å². The summed E-state index contributed by atoms with van der Waals surface area (Å²) in [4.78, 5) is 4.96. The Balaban J connectivity index is 0.848. The Labute approximate surface area is 566 Å². The molecule has 0 saturated carbocycles. The minimum atomic E-state index is -0.619. The number of rotatable bonds is 13. The van der Waals surface area contributed by atoms with Crippen molar-refractivity contribution in [3.05, 3.63) is 389 Å². The van der Waals surface area contributed by atoms with E-state index in [4.69, 9.17) is 0 Å². The first-order valence-electron chi connectivity index (χ1n) is 33.8. The van der Waals surface area contributed by atoms with Gasteiger partial charge in [-0.25, -0.2) is 0 Å². The van der Waals surface area contributed by atoms with Gasteiger partial charge in [-0.05, 0) is 182 Å². The molecule has 2 nitrogen and oxygen atoms in total. The van der Waals surface area contributed by atoms with Crippen molar-refractivity contribution >= 4 is 73.9 Å². The van der Waals surface area contributed by atoms with E-state index in [1.807, 2.05) is 6.08 Å². The molecule has 2 aliphatic carbocycles. The number of fused-ring (bicyclic) bond motifs is 8. The predicted octanol–water partition coefficient (Wildman–Crippen LogP) is 25.5. The van der Waals surface area contributed by atoms with Crippen molar-refractivity contribution in [3.63, 3.8) is 0 Å². The summed E-state index contributed by atoms with van der Waals surface area (Å²) in [7, 11) is 0. The van der Waals surface area contributed by atoms with E-state index in [1.165, 1.54) is 99.8 Å². The minimum absolute atomic E-state index is 0.0000520. The second-order valence-corrected chi connectivity index (χ2v) is 28.0. The zero-order valence-corrected chi connectivity index (χ0v) is 55.4. The molecule has 0 aliphatic heterocycles. The highest BCUT2D eigenvalue weighted by Crippen LogP contribution is 2.59. The molecule has 2 heteroatoms. The van der Waals surface area contributed by atoms with E-state index in [1.54, 1.807) is 0 Å². The van der Waals surface area contributed by atoms with E-state index in [0.717, 1.165) is 56.0 Å². The summed E-state index contributed by atoms with van der Waals surface area (Å²) in [6, 6.07) is 118. The van der Waals surface area contributed by atoms with E-state index < -0.39 is 5.41 Å². The van der Waals surface area contributed by atoms with Crippen LogP contribution in [0.25, 0.3) is 73.2 Å². The Kier molecular flexibility index (Phi) is 14.9. The van der Waals surface area contributed by atoms with Gasteiger partial charge in [-0.15, -0.1) is 0 Å². The SMILES string of the molecule is C=Cc1ccc(C2(c3ccc(C(C)(C)C)cc3)c3ccccc3-c3ccc(N(c4ccccc4)c4ccc(-c5ccc(N(c6ccc(/C=C\c7ccccc7)cc6)c6ccc7c(c6)C(c6ccc(C(C)(C)C)cc6)c6ccccc6-7)c6ccccc56)c5ccccc45)cc32)cc1. The van der Waals surface area contributed by atoms with Crippen LogP contribution in [0.5, 0.6) is 0 Å². The van der Waals surface area contributed by atoms with Crippen LogP contribution in [0.15, 0.2) is 322 Å². The zero-order chi connectivity index (χ0) is 65.3. The maximum Gasteiger partial charge on any atom is 0.0714 e. The molecule has 0 fully saturated rings. The topological polar surface area (TPSA) is 6.48 Å². The van der Waals surface area contributed by atoms with Gasteiger partial charge in [0.05, 0.1) is 16.8 Å². The van der Waals surface area contributed by atoms with Gasteiger partial charge in [-0.2, -0.15) is 0 Å². The lowest BCUT2D eigenvalue weighted by molar-refractivity contribution is 0.589. The van der Waals surface area contributed by atoms with Gasteiger partial charge in [0, 0.05) is 39.4 Å². The average molecular weight is 1230 g/mol. The number of nitrogens with zero attached hydrogens (tertiary/aromatic N) is 2. The van der Waals surface area contributed by atoms with Crippen molar-refractivity contribution in [2.45, 2.75) is 63.7 Å². The first-order valence-corrected chi connectivity index (χ1v) is 33.8. The Hall–Kier alpha value is -11.3. The molecule has 14 aromatic carbocycles. The Morgan fingerprint density at radius 1 is 0.312 bits per heavy atom. The molecule has 0 radical (unpaired) electrons. The van der Waals surface area contributed by atoms with E-state index in [0.29, 0.717) is 0 Å². The molecular formula is C94H76N2. The maximum atomic E-state index is 4.15. The summed E-state index contributed by atoms with van der Waals surface area (Å²) >= 11 is 0. The number of hydrogen-bond donors (Lipinski definition) is 0. The van der Waals surface area contributed by atoms with E-state index in [2.05, 4.69) is 386 Å². The largest absolute Gasteiger partial charge is 0.310 e. The quantitative estimate of drug-likeness (QED) is 0.106. The molecule has 0 amide bonds.